The highest BCUT2D eigenvalue weighted by Crippen LogP contribution is 2.29. The molecule has 30 heavy (non-hydrogen) atoms. The molecule has 5 nitrogen and oxygen atoms in total. The fourth-order valence-electron chi connectivity index (χ4n) is 4.13. The Labute approximate surface area is 177 Å². The SMILES string of the molecule is COc1ccccc1C(=O)N(c1ccc(C)cc1)C1CCN(Cc2ccoc2)CC1. The predicted molar refractivity (Wildman–Crippen MR) is 118 cm³/mol. The second-order valence-corrected chi connectivity index (χ2v) is 7.85. The number of para-hydroxylation sites is 1. The van der Waals surface area contributed by atoms with Crippen LogP contribution in [-0.2, 0) is 6.54 Å². The lowest BCUT2D eigenvalue weighted by atomic mass is 10.00. The minimum absolute atomic E-state index is 0.00964. The van der Waals surface area contributed by atoms with E-state index < -0.39 is 0 Å². The van der Waals surface area contributed by atoms with E-state index in [4.69, 9.17) is 9.15 Å². The molecule has 4 rings (SSSR count). The van der Waals surface area contributed by atoms with Crippen LogP contribution in [0, 0.1) is 6.92 Å². The molecule has 0 aliphatic carbocycles. The van der Waals surface area contributed by atoms with E-state index in [1.807, 2.05) is 47.4 Å². The fraction of sp³-hybridized carbons (Fsp3) is 0.320. The molecule has 1 aliphatic rings. The summed E-state index contributed by atoms with van der Waals surface area (Å²) in [5.41, 5.74) is 3.90. The summed E-state index contributed by atoms with van der Waals surface area (Å²) in [5, 5.41) is 0. The van der Waals surface area contributed by atoms with E-state index >= 15 is 0 Å². The van der Waals surface area contributed by atoms with Crippen LogP contribution in [0.15, 0.2) is 71.5 Å². The number of carbonyl (C=O) groups is 1. The predicted octanol–water partition coefficient (Wildman–Crippen LogP) is 4.91. The van der Waals surface area contributed by atoms with Crippen molar-refractivity contribution < 1.29 is 13.9 Å². The van der Waals surface area contributed by atoms with Gasteiger partial charge in [-0.2, -0.15) is 0 Å². The molecule has 1 saturated heterocycles. The molecule has 1 fully saturated rings. The van der Waals surface area contributed by atoms with Gasteiger partial charge in [-0.1, -0.05) is 29.8 Å². The normalized spacial score (nSPS) is 15.1. The number of furan rings is 1. The van der Waals surface area contributed by atoms with Crippen LogP contribution < -0.4 is 9.64 Å². The maximum atomic E-state index is 13.7. The smallest absolute Gasteiger partial charge is 0.262 e. The summed E-state index contributed by atoms with van der Waals surface area (Å²) in [5.74, 6) is 0.599. The average Bonchev–Trinajstić information content (AvgIpc) is 3.29. The molecule has 0 radical (unpaired) electrons. The molecule has 2 aromatic carbocycles. The molecule has 2 heterocycles. The fourth-order valence-corrected chi connectivity index (χ4v) is 4.13. The summed E-state index contributed by atoms with van der Waals surface area (Å²) >= 11 is 0. The standard InChI is InChI=1S/C25H28N2O3/c1-19-7-9-21(10-8-19)27(25(28)23-5-3-4-6-24(23)29-2)22-11-14-26(15-12-22)17-20-13-16-30-18-20/h3-10,13,16,18,22H,11-12,14-15,17H2,1-2H3. The second kappa shape index (κ2) is 9.18. The summed E-state index contributed by atoms with van der Waals surface area (Å²) in [4.78, 5) is 18.1. The van der Waals surface area contributed by atoms with Gasteiger partial charge in [0.15, 0.2) is 0 Å². The van der Waals surface area contributed by atoms with Gasteiger partial charge in [-0.25, -0.2) is 0 Å². The lowest BCUT2D eigenvalue weighted by Gasteiger charge is -2.38. The molecule has 5 heteroatoms. The van der Waals surface area contributed by atoms with Crippen LogP contribution in [0.25, 0.3) is 0 Å². The van der Waals surface area contributed by atoms with E-state index in [-0.39, 0.29) is 11.9 Å². The number of amides is 1. The average molecular weight is 405 g/mol. The maximum absolute atomic E-state index is 13.7. The third-order valence-electron chi connectivity index (χ3n) is 5.78. The van der Waals surface area contributed by atoms with Crippen LogP contribution in [0.2, 0.25) is 0 Å². The lowest BCUT2D eigenvalue weighted by Crippen LogP contribution is -2.47. The van der Waals surface area contributed by atoms with Crippen LogP contribution in [0.3, 0.4) is 0 Å². The van der Waals surface area contributed by atoms with Gasteiger partial charge in [0, 0.05) is 36.9 Å². The van der Waals surface area contributed by atoms with E-state index in [0.29, 0.717) is 11.3 Å². The van der Waals surface area contributed by atoms with Crippen molar-refractivity contribution in [1.29, 1.82) is 0 Å². The largest absolute Gasteiger partial charge is 0.496 e. The zero-order chi connectivity index (χ0) is 20.9. The van der Waals surface area contributed by atoms with E-state index in [0.717, 1.165) is 38.2 Å². The molecule has 0 unspecified atom stereocenters. The number of likely N-dealkylation sites (tertiary alicyclic amines) is 1. The quantitative estimate of drug-likeness (QED) is 0.586. The van der Waals surface area contributed by atoms with Crippen molar-refractivity contribution in [3.05, 3.63) is 83.8 Å². The van der Waals surface area contributed by atoms with Gasteiger partial charge in [0.25, 0.3) is 5.91 Å². The number of carbonyl (C=O) groups excluding carboxylic acids is 1. The van der Waals surface area contributed by atoms with E-state index in [1.165, 1.54) is 11.1 Å². The second-order valence-electron chi connectivity index (χ2n) is 7.85. The summed E-state index contributed by atoms with van der Waals surface area (Å²) in [7, 11) is 1.61. The highest BCUT2D eigenvalue weighted by Gasteiger charge is 2.31. The molecule has 0 atom stereocenters. The summed E-state index contributed by atoms with van der Waals surface area (Å²) < 4.78 is 10.7. The third-order valence-corrected chi connectivity index (χ3v) is 5.78. The minimum Gasteiger partial charge on any atom is -0.496 e. The maximum Gasteiger partial charge on any atom is 0.262 e. The Morgan fingerprint density at radius 1 is 1.10 bits per heavy atom. The van der Waals surface area contributed by atoms with Gasteiger partial charge >= 0.3 is 0 Å². The third kappa shape index (κ3) is 4.41. The Morgan fingerprint density at radius 3 is 2.50 bits per heavy atom. The highest BCUT2D eigenvalue weighted by atomic mass is 16.5. The molecule has 1 aromatic heterocycles. The van der Waals surface area contributed by atoms with Crippen molar-refractivity contribution in [2.24, 2.45) is 0 Å². The molecule has 3 aromatic rings. The zero-order valence-electron chi connectivity index (χ0n) is 17.6. The Balaban J connectivity index is 1.57. The van der Waals surface area contributed by atoms with E-state index in [9.17, 15) is 4.79 Å². The first kappa shape index (κ1) is 20.2. The van der Waals surface area contributed by atoms with E-state index in [1.54, 1.807) is 19.6 Å². The summed E-state index contributed by atoms with van der Waals surface area (Å²) in [6.45, 7) is 4.83. The topological polar surface area (TPSA) is 45.9 Å². The number of methoxy groups -OCH3 is 1. The summed E-state index contributed by atoms with van der Waals surface area (Å²) in [6, 6.07) is 17.8. The number of hydrogen-bond acceptors (Lipinski definition) is 4. The molecule has 0 spiro atoms. The number of hydrogen-bond donors (Lipinski definition) is 0. The van der Waals surface area contributed by atoms with Gasteiger partial charge in [-0.3, -0.25) is 9.69 Å². The van der Waals surface area contributed by atoms with Gasteiger partial charge < -0.3 is 14.1 Å². The van der Waals surface area contributed by atoms with Crippen molar-refractivity contribution in [2.45, 2.75) is 32.4 Å². The van der Waals surface area contributed by atoms with Crippen molar-refractivity contribution in [3.63, 3.8) is 0 Å². The number of benzene rings is 2. The van der Waals surface area contributed by atoms with Crippen molar-refractivity contribution in [2.75, 3.05) is 25.1 Å². The number of aryl methyl sites for hydroxylation is 1. The number of rotatable bonds is 6. The van der Waals surface area contributed by atoms with Crippen LogP contribution >= 0.6 is 0 Å². The molecule has 1 amide bonds. The number of nitrogens with zero attached hydrogens (tertiary/aromatic N) is 2. The Hall–Kier alpha value is -3.05. The minimum atomic E-state index is -0.00964. The van der Waals surface area contributed by atoms with Gasteiger partial charge in [-0.15, -0.1) is 0 Å². The Bertz CT molecular complexity index is 958. The first-order valence-corrected chi connectivity index (χ1v) is 10.4. The Morgan fingerprint density at radius 2 is 1.83 bits per heavy atom. The van der Waals surface area contributed by atoms with Crippen molar-refractivity contribution >= 4 is 11.6 Å². The number of piperidine rings is 1. The molecular formula is C25H28N2O3. The van der Waals surface area contributed by atoms with Gasteiger partial charge in [0.2, 0.25) is 0 Å². The molecule has 0 bridgehead atoms. The van der Waals surface area contributed by atoms with Crippen molar-refractivity contribution in [3.8, 4) is 5.75 Å². The first-order valence-electron chi connectivity index (χ1n) is 10.4. The van der Waals surface area contributed by atoms with Gasteiger partial charge in [0.05, 0.1) is 25.2 Å². The monoisotopic (exact) mass is 404 g/mol. The molecule has 1 aliphatic heterocycles. The van der Waals surface area contributed by atoms with Crippen molar-refractivity contribution in [1.82, 2.24) is 4.90 Å². The number of anilines is 1. The Kier molecular flexibility index (Phi) is 6.19. The van der Waals surface area contributed by atoms with Crippen LogP contribution in [-0.4, -0.2) is 37.0 Å². The van der Waals surface area contributed by atoms with Gasteiger partial charge in [0.1, 0.15) is 5.75 Å². The molecular weight excluding hydrogens is 376 g/mol. The van der Waals surface area contributed by atoms with Crippen LogP contribution in [0.5, 0.6) is 5.75 Å². The molecule has 0 saturated carbocycles. The van der Waals surface area contributed by atoms with Gasteiger partial charge in [-0.05, 0) is 50.1 Å². The molecule has 0 N–H and O–H groups in total. The zero-order valence-corrected chi connectivity index (χ0v) is 17.6. The number of ether oxygens (including phenoxy) is 1. The van der Waals surface area contributed by atoms with E-state index in [2.05, 4.69) is 24.0 Å². The highest BCUT2D eigenvalue weighted by molar-refractivity contribution is 6.08. The van der Waals surface area contributed by atoms with Crippen LogP contribution in [0.1, 0.15) is 34.3 Å². The first-order chi connectivity index (χ1) is 14.7. The molecule has 156 valence electrons. The lowest BCUT2D eigenvalue weighted by molar-refractivity contribution is 0.0955. The van der Waals surface area contributed by atoms with Crippen LogP contribution in [0.4, 0.5) is 5.69 Å². The summed E-state index contributed by atoms with van der Waals surface area (Å²) in [6.07, 6.45) is 5.36.